The second-order valence-corrected chi connectivity index (χ2v) is 10.4. The zero-order chi connectivity index (χ0) is 28.2. The molecule has 1 aliphatic heterocycles. The molecule has 7 rings (SSSR count). The molecule has 6 aromatic rings. The molecule has 0 spiro atoms. The van der Waals surface area contributed by atoms with E-state index in [9.17, 15) is 21.0 Å². The van der Waals surface area contributed by atoms with Crippen LogP contribution in [0.5, 0.6) is 0 Å². The average molecular weight is 522 g/mol. The van der Waals surface area contributed by atoms with Gasteiger partial charge in [0.2, 0.25) is 0 Å². The first-order valence-electron chi connectivity index (χ1n) is 13.2. The van der Waals surface area contributed by atoms with E-state index < -0.39 is 0 Å². The van der Waals surface area contributed by atoms with E-state index in [4.69, 9.17) is 0 Å². The number of hydrogen-bond acceptors (Lipinski definition) is 4. The van der Waals surface area contributed by atoms with Crippen molar-refractivity contribution in [2.75, 3.05) is 0 Å². The van der Waals surface area contributed by atoms with Crippen LogP contribution in [0.25, 0.3) is 49.7 Å². The number of aromatic nitrogens is 1. The van der Waals surface area contributed by atoms with Crippen LogP contribution in [0.4, 0.5) is 0 Å². The van der Waals surface area contributed by atoms with Crippen molar-refractivity contribution >= 4 is 21.8 Å². The van der Waals surface area contributed by atoms with E-state index in [1.54, 1.807) is 12.1 Å². The molecule has 0 saturated carbocycles. The Morgan fingerprint density at radius 2 is 1.07 bits per heavy atom. The van der Waals surface area contributed by atoms with Gasteiger partial charge in [-0.3, -0.25) is 0 Å². The van der Waals surface area contributed by atoms with Gasteiger partial charge in [-0.25, -0.2) is 0 Å². The van der Waals surface area contributed by atoms with Crippen LogP contribution in [0.2, 0.25) is 0 Å². The van der Waals surface area contributed by atoms with E-state index in [1.807, 2.05) is 30.3 Å². The van der Waals surface area contributed by atoms with Gasteiger partial charge in [0.25, 0.3) is 0 Å². The summed E-state index contributed by atoms with van der Waals surface area (Å²) in [6.45, 7) is 2.22. The molecule has 1 atom stereocenters. The molecule has 0 amide bonds. The topological polar surface area (TPSA) is 100 Å². The van der Waals surface area contributed by atoms with E-state index in [-0.39, 0.29) is 5.92 Å². The lowest BCUT2D eigenvalue weighted by atomic mass is 9.85. The molecule has 0 fully saturated rings. The van der Waals surface area contributed by atoms with Crippen molar-refractivity contribution in [2.24, 2.45) is 0 Å². The quantitative estimate of drug-likeness (QED) is 0.230. The molecule has 0 radical (unpaired) electrons. The summed E-state index contributed by atoms with van der Waals surface area (Å²) in [5.74, 6) is 0.130. The second-order valence-electron chi connectivity index (χ2n) is 10.4. The van der Waals surface area contributed by atoms with E-state index in [0.29, 0.717) is 22.3 Å². The number of hydrogen-bond donors (Lipinski definition) is 0. The van der Waals surface area contributed by atoms with Crippen LogP contribution in [0.15, 0.2) is 91.0 Å². The molecule has 1 aromatic heterocycles. The predicted molar refractivity (Wildman–Crippen MR) is 158 cm³/mol. The SMILES string of the molecule is CC1c2ccccc2-n2c3ccc(-c4cc(C#N)cc(C#N)c4)cc3c3cc(-c4cc(C#N)cc(C#N)c4)cc1c32. The van der Waals surface area contributed by atoms with Crippen molar-refractivity contribution in [1.29, 1.82) is 21.0 Å². The number of nitriles is 4. The summed E-state index contributed by atoms with van der Waals surface area (Å²) >= 11 is 0. The molecule has 1 unspecified atom stereocenters. The summed E-state index contributed by atoms with van der Waals surface area (Å²) in [7, 11) is 0. The fourth-order valence-electron chi connectivity index (χ4n) is 6.18. The zero-order valence-electron chi connectivity index (χ0n) is 22.0. The maximum Gasteiger partial charge on any atom is 0.0992 e. The highest BCUT2D eigenvalue weighted by Gasteiger charge is 2.28. The highest BCUT2D eigenvalue weighted by molar-refractivity contribution is 6.13. The number of rotatable bonds is 2. The van der Waals surface area contributed by atoms with Gasteiger partial charge in [-0.05, 0) is 100 Å². The van der Waals surface area contributed by atoms with E-state index >= 15 is 0 Å². The Labute approximate surface area is 236 Å². The molecule has 41 heavy (non-hydrogen) atoms. The van der Waals surface area contributed by atoms with Gasteiger partial charge in [0, 0.05) is 22.4 Å². The molecule has 5 aromatic carbocycles. The lowest BCUT2D eigenvalue weighted by molar-refractivity contribution is 0.881. The summed E-state index contributed by atoms with van der Waals surface area (Å²) in [6.07, 6.45) is 0. The molecule has 1 aliphatic rings. The molecule has 5 nitrogen and oxygen atoms in total. The lowest BCUT2D eigenvalue weighted by Crippen LogP contribution is -2.11. The first-order chi connectivity index (χ1) is 20.0. The van der Waals surface area contributed by atoms with E-state index in [2.05, 4.69) is 84.3 Å². The number of nitrogens with zero attached hydrogens (tertiary/aromatic N) is 5. The summed E-state index contributed by atoms with van der Waals surface area (Å²) in [4.78, 5) is 0. The molecular formula is C36H19N5. The molecule has 2 heterocycles. The third-order valence-corrected chi connectivity index (χ3v) is 8.05. The van der Waals surface area contributed by atoms with Crippen molar-refractivity contribution in [3.05, 3.63) is 124 Å². The molecule has 0 bridgehead atoms. The first kappa shape index (κ1) is 23.9. The maximum absolute atomic E-state index is 9.62. The van der Waals surface area contributed by atoms with E-state index in [0.717, 1.165) is 49.7 Å². The van der Waals surface area contributed by atoms with Crippen molar-refractivity contribution in [2.45, 2.75) is 12.8 Å². The highest BCUT2D eigenvalue weighted by atomic mass is 15.0. The Balaban J connectivity index is 1.58. The zero-order valence-corrected chi connectivity index (χ0v) is 22.0. The van der Waals surface area contributed by atoms with E-state index in [1.165, 1.54) is 11.1 Å². The molecule has 188 valence electrons. The fraction of sp³-hybridized carbons (Fsp3) is 0.0556. The summed E-state index contributed by atoms with van der Waals surface area (Å²) in [5, 5.41) is 40.4. The van der Waals surface area contributed by atoms with Gasteiger partial charge in [0.05, 0.1) is 57.6 Å². The van der Waals surface area contributed by atoms with Gasteiger partial charge < -0.3 is 4.57 Å². The largest absolute Gasteiger partial charge is 0.309 e. The van der Waals surface area contributed by atoms with Crippen LogP contribution in [0.3, 0.4) is 0 Å². The third-order valence-electron chi connectivity index (χ3n) is 8.05. The summed E-state index contributed by atoms with van der Waals surface area (Å²) in [5.41, 5.74) is 11.0. The second kappa shape index (κ2) is 8.97. The Hall–Kier alpha value is -6.14. The fourth-order valence-corrected chi connectivity index (χ4v) is 6.18. The molecular weight excluding hydrogens is 502 g/mol. The van der Waals surface area contributed by atoms with Crippen molar-refractivity contribution in [3.63, 3.8) is 0 Å². The Morgan fingerprint density at radius 3 is 1.68 bits per heavy atom. The van der Waals surface area contributed by atoms with Crippen LogP contribution >= 0.6 is 0 Å². The van der Waals surface area contributed by atoms with Gasteiger partial charge in [0.1, 0.15) is 0 Å². The smallest absolute Gasteiger partial charge is 0.0992 e. The van der Waals surface area contributed by atoms with Crippen molar-refractivity contribution in [3.8, 4) is 52.2 Å². The number of fused-ring (bicyclic) bond motifs is 5. The average Bonchev–Trinajstić information content (AvgIpc) is 3.36. The summed E-state index contributed by atoms with van der Waals surface area (Å²) in [6, 6.07) is 38.2. The van der Waals surface area contributed by atoms with Gasteiger partial charge in [-0.15, -0.1) is 0 Å². The Bertz CT molecular complexity index is 2210. The predicted octanol–water partition coefficient (Wildman–Crippen LogP) is 8.07. The van der Waals surface area contributed by atoms with Gasteiger partial charge in [-0.1, -0.05) is 31.2 Å². The standard InChI is InChI=1S/C36H19N5/c1-21-30-4-2-3-5-34(30)41-35-7-6-26(27-10-22(17-37)8-23(11-27)18-38)14-32(35)33-16-29(15-31(21)36(33)41)28-12-24(19-39)9-25(13-28)20-40/h2-16,21H,1H3. The monoisotopic (exact) mass is 521 g/mol. The van der Waals surface area contributed by atoms with Crippen molar-refractivity contribution in [1.82, 2.24) is 4.57 Å². The van der Waals surface area contributed by atoms with Crippen LogP contribution in [-0.4, -0.2) is 4.57 Å². The Kier molecular flexibility index (Phi) is 5.23. The maximum atomic E-state index is 9.62. The third kappa shape index (κ3) is 3.59. The first-order valence-corrected chi connectivity index (χ1v) is 13.2. The number of para-hydroxylation sites is 1. The minimum absolute atomic E-state index is 0.130. The Morgan fingerprint density at radius 1 is 0.537 bits per heavy atom. The molecule has 0 saturated heterocycles. The molecule has 0 N–H and O–H groups in total. The van der Waals surface area contributed by atoms with Crippen LogP contribution in [-0.2, 0) is 0 Å². The van der Waals surface area contributed by atoms with Crippen LogP contribution < -0.4 is 0 Å². The van der Waals surface area contributed by atoms with Crippen molar-refractivity contribution < 1.29 is 0 Å². The number of benzene rings is 5. The summed E-state index contributed by atoms with van der Waals surface area (Å²) < 4.78 is 2.32. The van der Waals surface area contributed by atoms with Gasteiger partial charge in [-0.2, -0.15) is 21.0 Å². The normalized spacial score (nSPS) is 13.1. The van der Waals surface area contributed by atoms with Crippen LogP contribution in [0.1, 0.15) is 46.2 Å². The minimum Gasteiger partial charge on any atom is -0.309 e. The van der Waals surface area contributed by atoms with Crippen LogP contribution in [0, 0.1) is 45.3 Å². The minimum atomic E-state index is 0.130. The van der Waals surface area contributed by atoms with Gasteiger partial charge in [0.15, 0.2) is 0 Å². The highest BCUT2D eigenvalue weighted by Crippen LogP contribution is 2.47. The lowest BCUT2D eigenvalue weighted by Gasteiger charge is -2.26. The molecule has 0 aliphatic carbocycles. The van der Waals surface area contributed by atoms with Gasteiger partial charge >= 0.3 is 0 Å². The molecule has 5 heteroatoms.